The lowest BCUT2D eigenvalue weighted by molar-refractivity contribution is 0.403. The Bertz CT molecular complexity index is 1310. The van der Waals surface area contributed by atoms with Gasteiger partial charge in [0.1, 0.15) is 34.9 Å². The predicted molar refractivity (Wildman–Crippen MR) is 117 cm³/mol. The molecular weight excluding hydrogens is 402 g/mol. The molecule has 2 heterocycles. The molecule has 4 rings (SSSR count). The maximum Gasteiger partial charge on any atom is 0.149 e. The fraction of sp³-hybridized carbons (Fsp3) is 0.130. The lowest BCUT2D eigenvalue weighted by Crippen LogP contribution is -1.91. The summed E-state index contributed by atoms with van der Waals surface area (Å²) in [5.74, 6) is 2.62. The van der Waals surface area contributed by atoms with E-state index in [0.717, 1.165) is 16.6 Å². The van der Waals surface area contributed by atoms with Gasteiger partial charge >= 0.3 is 0 Å². The van der Waals surface area contributed by atoms with Crippen molar-refractivity contribution < 1.29 is 13.9 Å². The topological polar surface area (TPSA) is 84.1 Å². The molecule has 0 spiro atoms. The summed E-state index contributed by atoms with van der Waals surface area (Å²) in [7, 11) is 3.10. The maximum absolute atomic E-state index is 9.65. The minimum atomic E-state index is 0.366. The van der Waals surface area contributed by atoms with Gasteiger partial charge in [-0.25, -0.2) is 4.98 Å². The zero-order valence-electron chi connectivity index (χ0n) is 16.6. The first-order valence-electron chi connectivity index (χ1n) is 9.12. The van der Waals surface area contributed by atoms with Crippen molar-refractivity contribution in [3.05, 3.63) is 64.6 Å². The number of rotatable bonds is 5. The quantitative estimate of drug-likeness (QED) is 0.409. The highest BCUT2D eigenvalue weighted by molar-refractivity contribution is 6.32. The van der Waals surface area contributed by atoms with Crippen LogP contribution in [0.2, 0.25) is 5.02 Å². The maximum atomic E-state index is 9.65. The summed E-state index contributed by atoms with van der Waals surface area (Å²) in [6, 6.07) is 15.1. The summed E-state index contributed by atoms with van der Waals surface area (Å²) in [5, 5.41) is 10.1. The Morgan fingerprint density at radius 2 is 1.93 bits per heavy atom. The molecule has 0 unspecified atom stereocenters. The Kier molecular flexibility index (Phi) is 5.21. The molecule has 1 N–H and O–H groups in total. The van der Waals surface area contributed by atoms with Gasteiger partial charge in [-0.15, -0.1) is 0 Å². The molecule has 0 saturated heterocycles. The molecule has 0 radical (unpaired) electrons. The van der Waals surface area contributed by atoms with E-state index in [-0.39, 0.29) is 0 Å². The SMILES string of the molecule is COc1cc(-c2ccc(/C=C(\C#N)c3nc4ccc(C)cc4[nH]3)o2)c(OC)cc1Cl. The summed E-state index contributed by atoms with van der Waals surface area (Å²) in [4.78, 5) is 7.70. The average molecular weight is 420 g/mol. The molecule has 2 aromatic carbocycles. The predicted octanol–water partition coefficient (Wildman–Crippen LogP) is 5.87. The van der Waals surface area contributed by atoms with E-state index >= 15 is 0 Å². The van der Waals surface area contributed by atoms with Crippen molar-refractivity contribution in [1.82, 2.24) is 9.97 Å². The van der Waals surface area contributed by atoms with E-state index in [2.05, 4.69) is 16.0 Å². The van der Waals surface area contributed by atoms with Gasteiger partial charge in [-0.3, -0.25) is 0 Å². The summed E-state index contributed by atoms with van der Waals surface area (Å²) >= 11 is 6.18. The minimum absolute atomic E-state index is 0.366. The number of furan rings is 1. The van der Waals surface area contributed by atoms with E-state index in [0.29, 0.717) is 45.0 Å². The monoisotopic (exact) mass is 419 g/mol. The lowest BCUT2D eigenvalue weighted by atomic mass is 10.1. The van der Waals surface area contributed by atoms with Gasteiger partial charge in [0.15, 0.2) is 0 Å². The van der Waals surface area contributed by atoms with Crippen LogP contribution in [0.4, 0.5) is 0 Å². The smallest absolute Gasteiger partial charge is 0.149 e. The molecule has 0 fully saturated rings. The second kappa shape index (κ2) is 7.97. The largest absolute Gasteiger partial charge is 0.496 e. The number of fused-ring (bicyclic) bond motifs is 1. The number of hydrogen-bond acceptors (Lipinski definition) is 5. The fourth-order valence-electron chi connectivity index (χ4n) is 3.18. The normalized spacial score (nSPS) is 11.5. The van der Waals surface area contributed by atoms with Crippen LogP contribution in [-0.2, 0) is 0 Å². The molecule has 0 aliphatic heterocycles. The minimum Gasteiger partial charge on any atom is -0.496 e. The number of ether oxygens (including phenoxy) is 2. The van der Waals surface area contributed by atoms with Crippen molar-refractivity contribution in [2.75, 3.05) is 14.2 Å². The van der Waals surface area contributed by atoms with E-state index in [1.807, 2.05) is 25.1 Å². The average Bonchev–Trinajstić information content (AvgIpc) is 3.38. The molecule has 0 amide bonds. The van der Waals surface area contributed by atoms with Crippen molar-refractivity contribution in [2.24, 2.45) is 0 Å². The molecule has 30 heavy (non-hydrogen) atoms. The Morgan fingerprint density at radius 3 is 2.67 bits per heavy atom. The number of nitriles is 1. The van der Waals surface area contributed by atoms with Gasteiger partial charge in [0, 0.05) is 12.1 Å². The van der Waals surface area contributed by atoms with Gasteiger partial charge < -0.3 is 18.9 Å². The van der Waals surface area contributed by atoms with Gasteiger partial charge in [-0.2, -0.15) is 5.26 Å². The van der Waals surface area contributed by atoms with Gasteiger partial charge in [-0.1, -0.05) is 17.7 Å². The summed E-state index contributed by atoms with van der Waals surface area (Å²) in [6.07, 6.45) is 1.65. The van der Waals surface area contributed by atoms with Crippen LogP contribution in [0.3, 0.4) is 0 Å². The molecule has 0 aliphatic rings. The number of allylic oxidation sites excluding steroid dienone is 1. The molecule has 0 bridgehead atoms. The van der Waals surface area contributed by atoms with Crippen LogP contribution in [0.1, 0.15) is 17.1 Å². The van der Waals surface area contributed by atoms with Crippen LogP contribution in [0.25, 0.3) is 34.0 Å². The van der Waals surface area contributed by atoms with Gasteiger partial charge in [0.25, 0.3) is 0 Å². The summed E-state index contributed by atoms with van der Waals surface area (Å²) < 4.78 is 16.7. The van der Waals surface area contributed by atoms with Crippen LogP contribution >= 0.6 is 11.6 Å². The summed E-state index contributed by atoms with van der Waals surface area (Å²) in [5.41, 5.74) is 3.85. The number of imidazole rings is 1. The molecule has 6 nitrogen and oxygen atoms in total. The van der Waals surface area contributed by atoms with Crippen LogP contribution in [0, 0.1) is 18.3 Å². The lowest BCUT2D eigenvalue weighted by Gasteiger charge is -2.10. The van der Waals surface area contributed by atoms with Crippen LogP contribution in [0.5, 0.6) is 11.5 Å². The molecule has 0 aliphatic carbocycles. The molecule has 7 heteroatoms. The Morgan fingerprint density at radius 1 is 1.13 bits per heavy atom. The number of halogens is 1. The summed E-state index contributed by atoms with van der Waals surface area (Å²) in [6.45, 7) is 2.01. The first-order valence-corrected chi connectivity index (χ1v) is 9.50. The standard InChI is InChI=1S/C23H18ClN3O3/c1-13-4-6-18-19(8-13)27-23(26-18)14(12-25)9-15-5-7-20(30-15)16-10-22(29-3)17(24)11-21(16)28-2/h4-11H,1-3H3,(H,26,27)/b14-9+. The third-order valence-corrected chi connectivity index (χ3v) is 4.96. The molecule has 0 atom stereocenters. The van der Waals surface area contributed by atoms with Crippen molar-refractivity contribution >= 4 is 34.3 Å². The Hall–Kier alpha value is -3.69. The number of nitrogens with one attached hydrogen (secondary N) is 1. The first-order chi connectivity index (χ1) is 14.5. The Labute approximate surface area is 178 Å². The number of aryl methyl sites for hydroxylation is 1. The third kappa shape index (κ3) is 3.63. The van der Waals surface area contributed by atoms with Gasteiger partial charge in [0.05, 0.1) is 41.4 Å². The van der Waals surface area contributed by atoms with E-state index < -0.39 is 0 Å². The zero-order chi connectivity index (χ0) is 21.3. The fourth-order valence-corrected chi connectivity index (χ4v) is 3.41. The molecular formula is C23H18ClN3O3. The highest BCUT2D eigenvalue weighted by Gasteiger charge is 2.15. The van der Waals surface area contributed by atoms with Crippen molar-refractivity contribution in [3.8, 4) is 28.9 Å². The Balaban J connectivity index is 1.72. The third-order valence-electron chi connectivity index (χ3n) is 4.67. The zero-order valence-corrected chi connectivity index (χ0v) is 17.4. The number of nitrogens with zero attached hydrogens (tertiary/aromatic N) is 2. The van der Waals surface area contributed by atoms with Crippen molar-refractivity contribution in [2.45, 2.75) is 6.92 Å². The van der Waals surface area contributed by atoms with E-state index in [1.165, 1.54) is 0 Å². The second-order valence-corrected chi connectivity index (χ2v) is 7.07. The molecule has 4 aromatic rings. The van der Waals surface area contributed by atoms with E-state index in [4.69, 9.17) is 25.5 Å². The molecule has 0 saturated carbocycles. The number of H-pyrrole nitrogens is 1. The second-order valence-electron chi connectivity index (χ2n) is 6.66. The molecule has 150 valence electrons. The highest BCUT2D eigenvalue weighted by atomic mass is 35.5. The first kappa shape index (κ1) is 19.6. The number of benzene rings is 2. The van der Waals surface area contributed by atoms with E-state index in [9.17, 15) is 5.26 Å². The van der Waals surface area contributed by atoms with Crippen LogP contribution in [-0.4, -0.2) is 24.2 Å². The van der Waals surface area contributed by atoms with Gasteiger partial charge in [0.2, 0.25) is 0 Å². The number of aromatic amines is 1. The van der Waals surface area contributed by atoms with Crippen molar-refractivity contribution in [1.29, 1.82) is 5.26 Å². The number of hydrogen-bond donors (Lipinski definition) is 1. The number of aromatic nitrogens is 2. The van der Waals surface area contributed by atoms with Crippen LogP contribution < -0.4 is 9.47 Å². The van der Waals surface area contributed by atoms with Crippen LogP contribution in [0.15, 0.2) is 46.9 Å². The van der Waals surface area contributed by atoms with Crippen molar-refractivity contribution in [3.63, 3.8) is 0 Å². The highest BCUT2D eigenvalue weighted by Crippen LogP contribution is 2.39. The van der Waals surface area contributed by atoms with E-state index in [1.54, 1.807) is 44.6 Å². The number of methoxy groups -OCH3 is 2. The van der Waals surface area contributed by atoms with Gasteiger partial charge in [-0.05, 0) is 42.8 Å². The molecule has 2 aromatic heterocycles.